The maximum Gasteiger partial charge on any atom is 0.255 e. The zero-order chi connectivity index (χ0) is 21.4. The number of amides is 1. The fourth-order valence-corrected chi connectivity index (χ4v) is 4.28. The number of sulfonamides is 1. The van der Waals surface area contributed by atoms with Gasteiger partial charge >= 0.3 is 0 Å². The average molecular weight is 421 g/mol. The maximum atomic E-state index is 12.6. The predicted molar refractivity (Wildman–Crippen MR) is 113 cm³/mol. The lowest BCUT2D eigenvalue weighted by Gasteiger charge is -2.18. The SMILES string of the molecule is CCOc1ccc(C(=O)Nc2ccc(S(=O)(=O)N(CC)CC)cc2)cc1OCC. The first kappa shape index (κ1) is 22.7. The van der Waals surface area contributed by atoms with Crippen molar-refractivity contribution in [2.24, 2.45) is 0 Å². The second-order valence-corrected chi connectivity index (χ2v) is 8.03. The van der Waals surface area contributed by atoms with Crippen LogP contribution >= 0.6 is 0 Å². The molecule has 0 unspecified atom stereocenters. The number of ether oxygens (including phenoxy) is 2. The van der Waals surface area contributed by atoms with Crippen LogP contribution in [0.25, 0.3) is 0 Å². The van der Waals surface area contributed by atoms with E-state index in [2.05, 4.69) is 5.32 Å². The van der Waals surface area contributed by atoms with Crippen molar-refractivity contribution in [2.45, 2.75) is 32.6 Å². The highest BCUT2D eigenvalue weighted by Crippen LogP contribution is 2.29. The molecule has 0 aliphatic heterocycles. The summed E-state index contributed by atoms with van der Waals surface area (Å²) < 4.78 is 37.5. The molecule has 0 saturated carbocycles. The molecule has 0 bridgehead atoms. The summed E-state index contributed by atoms with van der Waals surface area (Å²) in [5.74, 6) is 0.757. The second-order valence-electron chi connectivity index (χ2n) is 6.10. The van der Waals surface area contributed by atoms with Gasteiger partial charge in [-0.1, -0.05) is 13.8 Å². The monoisotopic (exact) mass is 420 g/mol. The molecule has 29 heavy (non-hydrogen) atoms. The number of benzene rings is 2. The van der Waals surface area contributed by atoms with Crippen LogP contribution in [-0.2, 0) is 10.0 Å². The van der Waals surface area contributed by atoms with E-state index < -0.39 is 10.0 Å². The van der Waals surface area contributed by atoms with E-state index in [1.165, 1.54) is 16.4 Å². The van der Waals surface area contributed by atoms with Crippen LogP contribution in [0.1, 0.15) is 38.1 Å². The lowest BCUT2D eigenvalue weighted by Crippen LogP contribution is -2.30. The lowest BCUT2D eigenvalue weighted by molar-refractivity contribution is 0.102. The number of rotatable bonds is 10. The summed E-state index contributed by atoms with van der Waals surface area (Å²) >= 11 is 0. The van der Waals surface area contributed by atoms with Gasteiger partial charge in [-0.2, -0.15) is 4.31 Å². The summed E-state index contributed by atoms with van der Waals surface area (Å²) in [4.78, 5) is 12.8. The van der Waals surface area contributed by atoms with Crippen LogP contribution in [0.5, 0.6) is 11.5 Å². The van der Waals surface area contributed by atoms with Crippen LogP contribution in [0.15, 0.2) is 47.4 Å². The summed E-state index contributed by atoms with van der Waals surface area (Å²) in [5.41, 5.74) is 0.914. The quantitative estimate of drug-likeness (QED) is 0.632. The van der Waals surface area contributed by atoms with E-state index in [0.717, 1.165) is 0 Å². The Kier molecular flexibility index (Phi) is 8.04. The summed E-state index contributed by atoms with van der Waals surface area (Å²) in [6.45, 7) is 9.07. The van der Waals surface area contributed by atoms with Crippen molar-refractivity contribution >= 4 is 21.6 Å². The Morgan fingerprint density at radius 2 is 1.48 bits per heavy atom. The van der Waals surface area contributed by atoms with E-state index in [1.807, 2.05) is 13.8 Å². The summed E-state index contributed by atoms with van der Waals surface area (Å²) in [5, 5.41) is 2.77. The molecule has 0 aromatic heterocycles. The van der Waals surface area contributed by atoms with Gasteiger partial charge < -0.3 is 14.8 Å². The average Bonchev–Trinajstić information content (AvgIpc) is 2.70. The number of nitrogens with one attached hydrogen (secondary N) is 1. The topological polar surface area (TPSA) is 84.9 Å². The zero-order valence-electron chi connectivity index (χ0n) is 17.3. The van der Waals surface area contributed by atoms with E-state index in [1.54, 1.807) is 44.2 Å². The van der Waals surface area contributed by atoms with Gasteiger partial charge in [-0.15, -0.1) is 0 Å². The van der Waals surface area contributed by atoms with Gasteiger partial charge in [-0.05, 0) is 56.3 Å². The fraction of sp³-hybridized carbons (Fsp3) is 0.381. The molecule has 158 valence electrons. The third-order valence-electron chi connectivity index (χ3n) is 4.26. The molecule has 1 amide bonds. The highest BCUT2D eigenvalue weighted by molar-refractivity contribution is 7.89. The van der Waals surface area contributed by atoms with Gasteiger partial charge in [-0.25, -0.2) is 8.42 Å². The van der Waals surface area contributed by atoms with Crippen LogP contribution < -0.4 is 14.8 Å². The van der Waals surface area contributed by atoms with Crippen LogP contribution in [0.3, 0.4) is 0 Å². The van der Waals surface area contributed by atoms with Gasteiger partial charge in [0.05, 0.1) is 18.1 Å². The number of nitrogens with zero attached hydrogens (tertiary/aromatic N) is 1. The standard InChI is InChI=1S/C21H28N2O5S/c1-5-23(6-2)29(25,26)18-12-10-17(11-13-18)22-21(24)16-9-14-19(27-7-3)20(15-16)28-8-4/h9-15H,5-8H2,1-4H3,(H,22,24). The molecule has 2 aromatic carbocycles. The minimum absolute atomic E-state index is 0.193. The number of hydrogen-bond donors (Lipinski definition) is 1. The molecule has 7 nitrogen and oxygen atoms in total. The molecule has 0 aliphatic rings. The Morgan fingerprint density at radius 1 is 0.897 bits per heavy atom. The van der Waals surface area contributed by atoms with Gasteiger partial charge in [0.15, 0.2) is 11.5 Å². The molecule has 0 atom stereocenters. The highest BCUT2D eigenvalue weighted by Gasteiger charge is 2.21. The third-order valence-corrected chi connectivity index (χ3v) is 6.33. The number of carbonyl (C=O) groups excluding carboxylic acids is 1. The Hall–Kier alpha value is -2.58. The van der Waals surface area contributed by atoms with Crippen LogP contribution in [0, 0.1) is 0 Å². The molecule has 1 N–H and O–H groups in total. The largest absolute Gasteiger partial charge is 0.490 e. The molecular weight excluding hydrogens is 392 g/mol. The summed E-state index contributed by atoms with van der Waals surface area (Å²) in [6.07, 6.45) is 0. The van der Waals surface area contributed by atoms with Gasteiger partial charge in [0.25, 0.3) is 5.91 Å². The van der Waals surface area contributed by atoms with Crippen LogP contribution in [0.2, 0.25) is 0 Å². The first-order valence-electron chi connectivity index (χ1n) is 9.68. The van der Waals surface area contributed by atoms with Crippen molar-refractivity contribution in [2.75, 3.05) is 31.6 Å². The highest BCUT2D eigenvalue weighted by atomic mass is 32.2. The van der Waals surface area contributed by atoms with Crippen LogP contribution in [0.4, 0.5) is 5.69 Å². The summed E-state index contributed by atoms with van der Waals surface area (Å²) in [6, 6.07) is 11.1. The normalized spacial score (nSPS) is 11.3. The van der Waals surface area contributed by atoms with Crippen LogP contribution in [-0.4, -0.2) is 44.9 Å². The van der Waals surface area contributed by atoms with E-state index in [9.17, 15) is 13.2 Å². The Bertz CT molecular complexity index is 923. The molecule has 0 saturated heterocycles. The molecule has 0 aliphatic carbocycles. The minimum Gasteiger partial charge on any atom is -0.490 e. The molecule has 0 spiro atoms. The molecule has 2 rings (SSSR count). The molecule has 0 fully saturated rings. The molecule has 0 heterocycles. The van der Waals surface area contributed by atoms with E-state index in [4.69, 9.17) is 9.47 Å². The minimum atomic E-state index is -3.53. The second kappa shape index (κ2) is 10.3. The van der Waals surface area contributed by atoms with Gasteiger partial charge in [0, 0.05) is 24.3 Å². The molecule has 2 aromatic rings. The van der Waals surface area contributed by atoms with Crippen molar-refractivity contribution in [3.05, 3.63) is 48.0 Å². The maximum absolute atomic E-state index is 12.6. The van der Waals surface area contributed by atoms with Gasteiger partial charge in [0.1, 0.15) is 0 Å². The predicted octanol–water partition coefficient (Wildman–Crippen LogP) is 3.77. The fourth-order valence-electron chi connectivity index (χ4n) is 2.82. The lowest BCUT2D eigenvalue weighted by atomic mass is 10.2. The van der Waals surface area contributed by atoms with Crippen molar-refractivity contribution < 1.29 is 22.7 Å². The van der Waals surface area contributed by atoms with Gasteiger partial charge in [-0.3, -0.25) is 4.79 Å². The summed E-state index contributed by atoms with van der Waals surface area (Å²) in [7, 11) is -3.53. The van der Waals surface area contributed by atoms with Crippen molar-refractivity contribution in [3.63, 3.8) is 0 Å². The van der Waals surface area contributed by atoms with Crippen molar-refractivity contribution in [1.82, 2.24) is 4.31 Å². The van der Waals surface area contributed by atoms with Crippen molar-refractivity contribution in [1.29, 1.82) is 0 Å². The van der Waals surface area contributed by atoms with E-state index in [-0.39, 0.29) is 10.8 Å². The molecule has 8 heteroatoms. The smallest absolute Gasteiger partial charge is 0.255 e. The Balaban J connectivity index is 2.18. The zero-order valence-corrected chi connectivity index (χ0v) is 18.1. The number of carbonyl (C=O) groups is 1. The first-order chi connectivity index (χ1) is 13.9. The molecule has 0 radical (unpaired) electrons. The van der Waals surface area contributed by atoms with E-state index >= 15 is 0 Å². The van der Waals surface area contributed by atoms with Gasteiger partial charge in [0.2, 0.25) is 10.0 Å². The third kappa shape index (κ3) is 5.48. The van der Waals surface area contributed by atoms with Crippen molar-refractivity contribution in [3.8, 4) is 11.5 Å². The number of anilines is 1. The first-order valence-corrected chi connectivity index (χ1v) is 11.1. The molecular formula is C21H28N2O5S. The van der Waals surface area contributed by atoms with E-state index in [0.29, 0.717) is 49.1 Å². The Morgan fingerprint density at radius 3 is 2.03 bits per heavy atom. The Labute approximate surface area is 172 Å². The number of hydrogen-bond acceptors (Lipinski definition) is 5.